The van der Waals surface area contributed by atoms with Crippen molar-refractivity contribution in [2.75, 3.05) is 5.75 Å². The third-order valence-corrected chi connectivity index (χ3v) is 6.23. The Hall–Kier alpha value is -2.54. The van der Waals surface area contributed by atoms with Crippen LogP contribution < -0.4 is 5.73 Å². The molecule has 2 aliphatic heterocycles. The van der Waals surface area contributed by atoms with Crippen molar-refractivity contribution < 1.29 is 14.3 Å². The summed E-state index contributed by atoms with van der Waals surface area (Å²) < 4.78 is 5.94. The fourth-order valence-corrected chi connectivity index (χ4v) is 4.72. The number of hydrogen-bond acceptors (Lipinski definition) is 5. The lowest BCUT2D eigenvalue weighted by Crippen LogP contribution is -2.68. The normalized spacial score (nSPS) is 20.5. The van der Waals surface area contributed by atoms with Gasteiger partial charge in [-0.1, -0.05) is 73.3 Å². The van der Waals surface area contributed by atoms with Gasteiger partial charge in [-0.3, -0.25) is 9.69 Å². The second-order valence-corrected chi connectivity index (χ2v) is 7.73. The molecule has 2 heterocycles. The average molecular weight is 429 g/mol. The number of ether oxygens (including phenoxy) is 1. The Morgan fingerprint density at radius 2 is 1.69 bits per heavy atom. The standard InChI is InChI=1S/C22H20N2O3S.ClH/c1-2-14-13-28-21-17(23)20(25)24(21)18(14)22(26)27-19(15-9-5-3-6-10-15)16-11-7-4-8-12-16;/h2-12,17,19,21H,1,13,23H2;1H. The highest BCUT2D eigenvalue weighted by Gasteiger charge is 2.52. The molecule has 1 saturated heterocycles. The first-order valence-corrected chi connectivity index (χ1v) is 10.0. The lowest BCUT2D eigenvalue weighted by Gasteiger charge is -2.48. The van der Waals surface area contributed by atoms with E-state index in [1.165, 1.54) is 16.7 Å². The topological polar surface area (TPSA) is 72.6 Å². The molecule has 2 aliphatic rings. The highest BCUT2D eigenvalue weighted by atomic mass is 35.5. The van der Waals surface area contributed by atoms with E-state index in [-0.39, 0.29) is 29.4 Å². The Kier molecular flexibility index (Phi) is 6.47. The van der Waals surface area contributed by atoms with Crippen molar-refractivity contribution in [2.45, 2.75) is 17.5 Å². The molecule has 2 aromatic carbocycles. The maximum absolute atomic E-state index is 13.2. The third-order valence-electron chi connectivity index (χ3n) is 4.91. The molecule has 0 aromatic heterocycles. The van der Waals surface area contributed by atoms with Gasteiger partial charge in [0.15, 0.2) is 6.10 Å². The molecule has 0 spiro atoms. The minimum Gasteiger partial charge on any atom is -0.448 e. The van der Waals surface area contributed by atoms with E-state index in [2.05, 4.69) is 6.58 Å². The van der Waals surface area contributed by atoms with Gasteiger partial charge in [0.1, 0.15) is 17.1 Å². The van der Waals surface area contributed by atoms with Crippen LogP contribution in [0.25, 0.3) is 0 Å². The maximum atomic E-state index is 13.2. The van der Waals surface area contributed by atoms with E-state index in [1.807, 2.05) is 60.7 Å². The van der Waals surface area contributed by atoms with E-state index in [0.29, 0.717) is 11.3 Å². The van der Waals surface area contributed by atoms with Gasteiger partial charge in [0.05, 0.1) is 0 Å². The van der Waals surface area contributed by atoms with Crippen molar-refractivity contribution in [3.05, 3.63) is 95.7 Å². The summed E-state index contributed by atoms with van der Waals surface area (Å²) in [6.45, 7) is 3.79. The zero-order chi connectivity index (χ0) is 19.7. The van der Waals surface area contributed by atoms with Crippen LogP contribution in [0.15, 0.2) is 84.6 Å². The predicted octanol–water partition coefficient (Wildman–Crippen LogP) is 3.42. The van der Waals surface area contributed by atoms with Gasteiger partial charge in [0.25, 0.3) is 0 Å². The van der Waals surface area contributed by atoms with Gasteiger partial charge in [-0.25, -0.2) is 4.79 Å². The smallest absolute Gasteiger partial charge is 0.356 e. The SMILES string of the molecule is C=CC1=C(C(=O)OC(c2ccccc2)c2ccccc2)N2C(=O)C(N)C2SC1.Cl. The molecule has 0 radical (unpaired) electrons. The highest BCUT2D eigenvalue weighted by Crippen LogP contribution is 2.40. The number of esters is 1. The Bertz CT molecular complexity index is 910. The summed E-state index contributed by atoms with van der Waals surface area (Å²) in [5.74, 6) is -0.241. The number of nitrogens with zero attached hydrogens (tertiary/aromatic N) is 1. The largest absolute Gasteiger partial charge is 0.448 e. The van der Waals surface area contributed by atoms with Crippen LogP contribution in [0, 0.1) is 0 Å². The molecule has 150 valence electrons. The van der Waals surface area contributed by atoms with E-state index in [9.17, 15) is 9.59 Å². The van der Waals surface area contributed by atoms with Crippen molar-refractivity contribution >= 4 is 36.0 Å². The molecular formula is C22H21ClN2O3S. The molecule has 2 N–H and O–H groups in total. The third kappa shape index (κ3) is 3.83. The Morgan fingerprint density at radius 3 is 2.21 bits per heavy atom. The molecule has 5 nitrogen and oxygen atoms in total. The van der Waals surface area contributed by atoms with Crippen molar-refractivity contribution in [1.29, 1.82) is 0 Å². The van der Waals surface area contributed by atoms with Gasteiger partial charge in [-0.2, -0.15) is 0 Å². The maximum Gasteiger partial charge on any atom is 0.356 e. The Labute approximate surface area is 180 Å². The fraction of sp³-hybridized carbons (Fsp3) is 0.182. The van der Waals surface area contributed by atoms with Crippen LogP contribution in [0.1, 0.15) is 17.2 Å². The first-order valence-electron chi connectivity index (χ1n) is 8.98. The van der Waals surface area contributed by atoms with Gasteiger partial charge in [0.2, 0.25) is 5.91 Å². The summed E-state index contributed by atoms with van der Waals surface area (Å²) in [7, 11) is 0. The molecule has 2 aromatic rings. The zero-order valence-electron chi connectivity index (χ0n) is 15.6. The summed E-state index contributed by atoms with van der Waals surface area (Å²) >= 11 is 1.53. The number of carbonyl (C=O) groups is 2. The summed E-state index contributed by atoms with van der Waals surface area (Å²) in [6, 6.07) is 18.5. The summed E-state index contributed by atoms with van der Waals surface area (Å²) in [5.41, 5.74) is 8.55. The number of β-lactam (4-membered cyclic amide) rings is 1. The molecule has 0 aliphatic carbocycles. The van der Waals surface area contributed by atoms with Gasteiger partial charge in [0, 0.05) is 5.75 Å². The van der Waals surface area contributed by atoms with E-state index in [1.54, 1.807) is 6.08 Å². The molecule has 2 unspecified atom stereocenters. The quantitative estimate of drug-likeness (QED) is 0.583. The molecule has 29 heavy (non-hydrogen) atoms. The molecular weight excluding hydrogens is 408 g/mol. The monoisotopic (exact) mass is 428 g/mol. The van der Waals surface area contributed by atoms with Gasteiger partial charge in [-0.15, -0.1) is 24.2 Å². The minimum absolute atomic E-state index is 0. The van der Waals surface area contributed by atoms with Crippen molar-refractivity contribution in [1.82, 2.24) is 4.90 Å². The summed E-state index contributed by atoms with van der Waals surface area (Å²) in [4.78, 5) is 27.0. The van der Waals surface area contributed by atoms with E-state index < -0.39 is 18.1 Å². The molecule has 1 fully saturated rings. The van der Waals surface area contributed by atoms with Crippen molar-refractivity contribution in [3.63, 3.8) is 0 Å². The van der Waals surface area contributed by atoms with E-state index >= 15 is 0 Å². The van der Waals surface area contributed by atoms with Crippen LogP contribution in [0.2, 0.25) is 0 Å². The lowest BCUT2D eigenvalue weighted by molar-refractivity contribution is -0.153. The van der Waals surface area contributed by atoms with Crippen molar-refractivity contribution in [2.24, 2.45) is 5.73 Å². The van der Waals surface area contributed by atoms with Crippen LogP contribution in [0.3, 0.4) is 0 Å². The number of rotatable bonds is 5. The number of fused-ring (bicyclic) bond motifs is 1. The summed E-state index contributed by atoms with van der Waals surface area (Å²) in [6.07, 6.45) is 1.03. The van der Waals surface area contributed by atoms with Crippen LogP contribution in [0.4, 0.5) is 0 Å². The van der Waals surface area contributed by atoms with Crippen LogP contribution in [-0.4, -0.2) is 33.9 Å². The Balaban J connectivity index is 0.00000240. The van der Waals surface area contributed by atoms with Crippen molar-refractivity contribution in [3.8, 4) is 0 Å². The highest BCUT2D eigenvalue weighted by molar-refractivity contribution is 8.00. The number of benzene rings is 2. The van der Waals surface area contributed by atoms with Gasteiger partial charge >= 0.3 is 5.97 Å². The van der Waals surface area contributed by atoms with Crippen LogP contribution in [0.5, 0.6) is 0 Å². The fourth-order valence-electron chi connectivity index (χ4n) is 3.43. The summed E-state index contributed by atoms with van der Waals surface area (Å²) in [5, 5.41) is -0.231. The average Bonchev–Trinajstić information content (AvgIpc) is 2.76. The number of halogens is 1. The lowest BCUT2D eigenvalue weighted by atomic mass is 10.0. The molecule has 2 atom stereocenters. The second-order valence-electron chi connectivity index (χ2n) is 6.62. The van der Waals surface area contributed by atoms with Gasteiger partial charge in [-0.05, 0) is 16.7 Å². The number of allylic oxidation sites excluding steroid dienone is 1. The molecule has 4 rings (SSSR count). The van der Waals surface area contributed by atoms with E-state index in [4.69, 9.17) is 10.5 Å². The molecule has 7 heteroatoms. The first-order chi connectivity index (χ1) is 13.6. The molecule has 0 bridgehead atoms. The van der Waals surface area contributed by atoms with Crippen LogP contribution >= 0.6 is 24.2 Å². The van der Waals surface area contributed by atoms with Gasteiger partial charge < -0.3 is 10.5 Å². The van der Waals surface area contributed by atoms with Crippen LogP contribution in [-0.2, 0) is 14.3 Å². The minimum atomic E-state index is -0.585. The second kappa shape index (κ2) is 8.86. The first kappa shape index (κ1) is 21.2. The number of thioether (sulfide) groups is 1. The number of carbonyl (C=O) groups excluding carboxylic acids is 2. The number of hydrogen-bond donors (Lipinski definition) is 1. The Morgan fingerprint density at radius 1 is 1.14 bits per heavy atom. The van der Waals surface area contributed by atoms with E-state index in [0.717, 1.165) is 11.1 Å². The molecule has 0 saturated carbocycles. The predicted molar refractivity (Wildman–Crippen MR) is 116 cm³/mol. The molecule has 1 amide bonds. The number of amides is 1. The zero-order valence-corrected chi connectivity index (χ0v) is 17.2. The number of nitrogens with two attached hydrogens (primary N) is 1.